The summed E-state index contributed by atoms with van der Waals surface area (Å²) in [4.78, 5) is 15.8. The van der Waals surface area contributed by atoms with E-state index < -0.39 is 0 Å². The Morgan fingerprint density at radius 2 is 2.53 bits per heavy atom. The molecule has 1 saturated heterocycles. The molecule has 0 bridgehead atoms. The van der Waals surface area contributed by atoms with Gasteiger partial charge in [-0.1, -0.05) is 6.92 Å². The fraction of sp³-hybridized carbons (Fsp3) is 0.667. The van der Waals surface area contributed by atoms with Crippen LogP contribution in [0.2, 0.25) is 0 Å². The summed E-state index contributed by atoms with van der Waals surface area (Å²) in [7, 11) is 0. The van der Waals surface area contributed by atoms with E-state index in [0.29, 0.717) is 12.5 Å². The molecule has 1 fully saturated rings. The van der Waals surface area contributed by atoms with E-state index in [1.807, 2.05) is 10.8 Å². The third-order valence-electron chi connectivity index (χ3n) is 3.21. The SMILES string of the molecule is CC1CCNC(C(=O)NCCn2ccnc2)C1. The number of imidazole rings is 1. The zero-order chi connectivity index (χ0) is 12.1. The minimum atomic E-state index is -0.0125. The molecule has 0 aliphatic carbocycles. The van der Waals surface area contributed by atoms with Crippen molar-refractivity contribution in [2.75, 3.05) is 13.1 Å². The van der Waals surface area contributed by atoms with Crippen molar-refractivity contribution < 1.29 is 4.79 Å². The molecular formula is C12H20N4O. The Hall–Kier alpha value is -1.36. The standard InChI is InChI=1S/C12H20N4O/c1-10-2-3-14-11(8-10)12(17)15-5-7-16-6-4-13-9-16/h4,6,9-11,14H,2-3,5,7-8H2,1H3,(H,15,17). The molecule has 0 saturated carbocycles. The Morgan fingerprint density at radius 1 is 1.65 bits per heavy atom. The average molecular weight is 236 g/mol. The number of hydrogen-bond acceptors (Lipinski definition) is 3. The molecule has 5 heteroatoms. The summed E-state index contributed by atoms with van der Waals surface area (Å²) >= 11 is 0. The van der Waals surface area contributed by atoms with Crippen LogP contribution in [-0.2, 0) is 11.3 Å². The molecule has 2 rings (SSSR count). The highest BCUT2D eigenvalue weighted by Gasteiger charge is 2.23. The third kappa shape index (κ3) is 3.56. The maximum atomic E-state index is 11.9. The quantitative estimate of drug-likeness (QED) is 0.795. The molecule has 5 nitrogen and oxygen atoms in total. The van der Waals surface area contributed by atoms with Gasteiger partial charge in [0.15, 0.2) is 0 Å². The zero-order valence-electron chi connectivity index (χ0n) is 10.2. The Morgan fingerprint density at radius 3 is 3.24 bits per heavy atom. The minimum absolute atomic E-state index is 0.0125. The maximum Gasteiger partial charge on any atom is 0.237 e. The molecule has 0 radical (unpaired) electrons. The van der Waals surface area contributed by atoms with Gasteiger partial charge in [-0.15, -0.1) is 0 Å². The Labute approximate surface area is 102 Å². The summed E-state index contributed by atoms with van der Waals surface area (Å²) in [5, 5.41) is 6.22. The number of carbonyl (C=O) groups excluding carboxylic acids is 1. The van der Waals surface area contributed by atoms with Gasteiger partial charge in [0.1, 0.15) is 0 Å². The molecule has 2 unspecified atom stereocenters. The molecular weight excluding hydrogens is 216 g/mol. The monoisotopic (exact) mass is 236 g/mol. The predicted molar refractivity (Wildman–Crippen MR) is 65.4 cm³/mol. The van der Waals surface area contributed by atoms with Gasteiger partial charge in [0.25, 0.3) is 0 Å². The summed E-state index contributed by atoms with van der Waals surface area (Å²) in [6, 6.07) is -0.0125. The van der Waals surface area contributed by atoms with Gasteiger partial charge >= 0.3 is 0 Å². The van der Waals surface area contributed by atoms with Crippen molar-refractivity contribution in [3.05, 3.63) is 18.7 Å². The summed E-state index contributed by atoms with van der Waals surface area (Å²) in [5.41, 5.74) is 0. The van der Waals surface area contributed by atoms with Crippen molar-refractivity contribution in [1.82, 2.24) is 20.2 Å². The lowest BCUT2D eigenvalue weighted by atomic mass is 9.94. The highest BCUT2D eigenvalue weighted by atomic mass is 16.2. The first-order valence-electron chi connectivity index (χ1n) is 6.22. The molecule has 1 amide bonds. The van der Waals surface area contributed by atoms with E-state index in [2.05, 4.69) is 22.5 Å². The third-order valence-corrected chi connectivity index (χ3v) is 3.21. The summed E-state index contributed by atoms with van der Waals surface area (Å²) in [6.07, 6.45) is 7.50. The van der Waals surface area contributed by atoms with Crippen molar-refractivity contribution in [2.45, 2.75) is 32.4 Å². The number of nitrogens with one attached hydrogen (secondary N) is 2. The molecule has 2 heterocycles. The normalized spacial score (nSPS) is 24.5. The smallest absolute Gasteiger partial charge is 0.237 e. The second kappa shape index (κ2) is 5.82. The Kier molecular flexibility index (Phi) is 4.14. The van der Waals surface area contributed by atoms with E-state index in [-0.39, 0.29) is 11.9 Å². The van der Waals surface area contributed by atoms with Gasteiger partial charge in [-0.3, -0.25) is 4.79 Å². The number of carbonyl (C=O) groups is 1. The number of rotatable bonds is 4. The molecule has 1 aliphatic heterocycles. The van der Waals surface area contributed by atoms with Gasteiger partial charge in [-0.05, 0) is 25.3 Å². The van der Waals surface area contributed by atoms with Crippen molar-refractivity contribution in [3.8, 4) is 0 Å². The van der Waals surface area contributed by atoms with Crippen LogP contribution < -0.4 is 10.6 Å². The van der Waals surface area contributed by atoms with Crippen LogP contribution in [0.1, 0.15) is 19.8 Å². The van der Waals surface area contributed by atoms with Gasteiger partial charge in [-0.25, -0.2) is 4.98 Å². The fourth-order valence-corrected chi connectivity index (χ4v) is 2.16. The number of hydrogen-bond donors (Lipinski definition) is 2. The van der Waals surface area contributed by atoms with E-state index in [0.717, 1.165) is 19.5 Å². The molecule has 17 heavy (non-hydrogen) atoms. The zero-order valence-corrected chi connectivity index (χ0v) is 10.2. The highest BCUT2D eigenvalue weighted by Crippen LogP contribution is 2.14. The average Bonchev–Trinajstić information content (AvgIpc) is 2.82. The Bertz CT molecular complexity index is 349. The fourth-order valence-electron chi connectivity index (χ4n) is 2.16. The first kappa shape index (κ1) is 12.1. The van der Waals surface area contributed by atoms with E-state index >= 15 is 0 Å². The molecule has 1 aliphatic rings. The van der Waals surface area contributed by atoms with Crippen molar-refractivity contribution in [3.63, 3.8) is 0 Å². The lowest BCUT2D eigenvalue weighted by Gasteiger charge is -2.27. The largest absolute Gasteiger partial charge is 0.353 e. The first-order valence-corrected chi connectivity index (χ1v) is 6.22. The van der Waals surface area contributed by atoms with Crippen LogP contribution >= 0.6 is 0 Å². The molecule has 1 aromatic rings. The van der Waals surface area contributed by atoms with Crippen LogP contribution in [0.25, 0.3) is 0 Å². The number of amides is 1. The van der Waals surface area contributed by atoms with Gasteiger partial charge in [0, 0.05) is 25.5 Å². The molecule has 1 aromatic heterocycles. The second-order valence-corrected chi connectivity index (χ2v) is 4.73. The number of nitrogens with zero attached hydrogens (tertiary/aromatic N) is 2. The highest BCUT2D eigenvalue weighted by molar-refractivity contribution is 5.81. The van der Waals surface area contributed by atoms with Crippen LogP contribution in [0.3, 0.4) is 0 Å². The summed E-state index contributed by atoms with van der Waals surface area (Å²) < 4.78 is 1.96. The van der Waals surface area contributed by atoms with E-state index in [1.54, 1.807) is 12.5 Å². The first-order chi connectivity index (χ1) is 8.25. The van der Waals surface area contributed by atoms with Crippen molar-refractivity contribution in [2.24, 2.45) is 5.92 Å². The summed E-state index contributed by atoms with van der Waals surface area (Å²) in [5.74, 6) is 0.761. The van der Waals surface area contributed by atoms with Crippen LogP contribution in [0.4, 0.5) is 0 Å². The summed E-state index contributed by atoms with van der Waals surface area (Å²) in [6.45, 7) is 4.57. The van der Waals surface area contributed by atoms with E-state index in [9.17, 15) is 4.79 Å². The minimum Gasteiger partial charge on any atom is -0.353 e. The van der Waals surface area contributed by atoms with E-state index in [4.69, 9.17) is 0 Å². The van der Waals surface area contributed by atoms with Gasteiger partial charge in [-0.2, -0.15) is 0 Å². The van der Waals surface area contributed by atoms with Crippen molar-refractivity contribution in [1.29, 1.82) is 0 Å². The molecule has 94 valence electrons. The maximum absolute atomic E-state index is 11.9. The van der Waals surface area contributed by atoms with Gasteiger partial charge in [0.05, 0.1) is 12.4 Å². The topological polar surface area (TPSA) is 59.0 Å². The van der Waals surface area contributed by atoms with E-state index in [1.165, 1.54) is 6.42 Å². The molecule has 2 atom stereocenters. The molecule has 0 spiro atoms. The van der Waals surface area contributed by atoms with Crippen LogP contribution in [0.5, 0.6) is 0 Å². The van der Waals surface area contributed by atoms with Gasteiger partial charge < -0.3 is 15.2 Å². The predicted octanol–water partition coefficient (Wildman–Crippen LogP) is 0.387. The molecule has 2 N–H and O–H groups in total. The van der Waals surface area contributed by atoms with Gasteiger partial charge in [0.2, 0.25) is 5.91 Å². The number of piperidine rings is 1. The van der Waals surface area contributed by atoms with Crippen molar-refractivity contribution >= 4 is 5.91 Å². The molecule has 0 aromatic carbocycles. The second-order valence-electron chi connectivity index (χ2n) is 4.73. The van der Waals surface area contributed by atoms with Crippen LogP contribution in [0, 0.1) is 5.92 Å². The lowest BCUT2D eigenvalue weighted by molar-refractivity contribution is -0.124. The number of aromatic nitrogens is 2. The lowest BCUT2D eigenvalue weighted by Crippen LogP contribution is -2.48. The van der Waals surface area contributed by atoms with Crippen LogP contribution in [-0.4, -0.2) is 34.6 Å². The Balaban J connectivity index is 1.70. The van der Waals surface area contributed by atoms with Crippen LogP contribution in [0.15, 0.2) is 18.7 Å².